The van der Waals surface area contributed by atoms with Crippen molar-refractivity contribution in [2.75, 3.05) is 19.0 Å². The zero-order chi connectivity index (χ0) is 22.8. The van der Waals surface area contributed by atoms with Gasteiger partial charge < -0.3 is 4.90 Å². The lowest BCUT2D eigenvalue weighted by Gasteiger charge is -2.14. The standard InChI is InChI=1S/C19H16F4N6O2/c1-28(2)13-7-3-5-11(9-13)17(30)25-26-18(31)15-16(19(21,22)23)29(27-24-15)14-8-4-6-12(20)10-14/h3-10H,1-2H3,(H,25,30)(H,26,31). The number of carbonyl (C=O) groups excluding carboxylic acids is 2. The highest BCUT2D eigenvalue weighted by Crippen LogP contribution is 2.32. The average molecular weight is 436 g/mol. The number of halogens is 4. The number of hydrazine groups is 1. The molecule has 162 valence electrons. The number of carbonyl (C=O) groups is 2. The zero-order valence-corrected chi connectivity index (χ0v) is 16.2. The molecule has 0 aliphatic heterocycles. The lowest BCUT2D eigenvalue weighted by molar-refractivity contribution is -0.143. The van der Waals surface area contributed by atoms with Crippen LogP contribution in [-0.4, -0.2) is 40.9 Å². The summed E-state index contributed by atoms with van der Waals surface area (Å²) in [5.74, 6) is -2.88. The summed E-state index contributed by atoms with van der Waals surface area (Å²) in [7, 11) is 3.53. The van der Waals surface area contributed by atoms with E-state index in [1.54, 1.807) is 31.1 Å². The molecule has 0 saturated carbocycles. The number of hydrogen-bond donors (Lipinski definition) is 2. The fraction of sp³-hybridized carbons (Fsp3) is 0.158. The highest BCUT2D eigenvalue weighted by Gasteiger charge is 2.42. The second-order valence-corrected chi connectivity index (χ2v) is 6.53. The number of nitrogens with zero attached hydrogens (tertiary/aromatic N) is 4. The van der Waals surface area contributed by atoms with Gasteiger partial charge in [0, 0.05) is 25.3 Å². The molecule has 0 spiro atoms. The lowest BCUT2D eigenvalue weighted by atomic mass is 10.2. The Hall–Kier alpha value is -3.96. The Morgan fingerprint density at radius 2 is 1.68 bits per heavy atom. The van der Waals surface area contributed by atoms with Crippen LogP contribution < -0.4 is 15.8 Å². The van der Waals surface area contributed by atoms with Gasteiger partial charge in [-0.3, -0.25) is 20.4 Å². The van der Waals surface area contributed by atoms with Crippen LogP contribution in [0.1, 0.15) is 26.5 Å². The Balaban J connectivity index is 1.84. The van der Waals surface area contributed by atoms with Crippen molar-refractivity contribution in [3.05, 3.63) is 71.3 Å². The summed E-state index contributed by atoms with van der Waals surface area (Å²) >= 11 is 0. The fourth-order valence-electron chi connectivity index (χ4n) is 2.65. The van der Waals surface area contributed by atoms with Crippen molar-refractivity contribution in [3.8, 4) is 5.69 Å². The maximum absolute atomic E-state index is 13.6. The number of nitrogens with one attached hydrogen (secondary N) is 2. The van der Waals surface area contributed by atoms with Gasteiger partial charge in [-0.1, -0.05) is 17.3 Å². The van der Waals surface area contributed by atoms with Crippen LogP contribution in [0, 0.1) is 5.82 Å². The summed E-state index contributed by atoms with van der Waals surface area (Å²) in [5.41, 5.74) is 1.94. The van der Waals surface area contributed by atoms with Crippen LogP contribution in [0.3, 0.4) is 0 Å². The largest absolute Gasteiger partial charge is 0.435 e. The van der Waals surface area contributed by atoms with Gasteiger partial charge in [-0.15, -0.1) is 5.10 Å². The molecule has 3 aromatic rings. The van der Waals surface area contributed by atoms with Crippen LogP contribution in [0.15, 0.2) is 48.5 Å². The third-order valence-corrected chi connectivity index (χ3v) is 4.12. The number of alkyl halides is 3. The highest BCUT2D eigenvalue weighted by atomic mass is 19.4. The molecular weight excluding hydrogens is 420 g/mol. The molecule has 0 aliphatic rings. The monoisotopic (exact) mass is 436 g/mol. The third-order valence-electron chi connectivity index (χ3n) is 4.12. The highest BCUT2D eigenvalue weighted by molar-refractivity contribution is 5.99. The lowest BCUT2D eigenvalue weighted by Crippen LogP contribution is -2.42. The van der Waals surface area contributed by atoms with Crippen LogP contribution in [0.4, 0.5) is 23.2 Å². The molecule has 0 aliphatic carbocycles. The Kier molecular flexibility index (Phi) is 5.90. The van der Waals surface area contributed by atoms with E-state index in [1.807, 2.05) is 10.9 Å². The van der Waals surface area contributed by atoms with E-state index in [-0.39, 0.29) is 11.3 Å². The van der Waals surface area contributed by atoms with Gasteiger partial charge in [0.1, 0.15) is 5.82 Å². The molecule has 3 rings (SSSR count). The van der Waals surface area contributed by atoms with E-state index in [0.717, 1.165) is 12.1 Å². The molecule has 1 heterocycles. The van der Waals surface area contributed by atoms with Gasteiger partial charge in [0.15, 0.2) is 11.4 Å². The summed E-state index contributed by atoms with van der Waals surface area (Å²) in [4.78, 5) is 26.3. The summed E-state index contributed by atoms with van der Waals surface area (Å²) in [6, 6.07) is 10.6. The number of anilines is 1. The Bertz CT molecular complexity index is 1130. The average Bonchev–Trinajstić information content (AvgIpc) is 3.18. The van der Waals surface area contributed by atoms with Gasteiger partial charge >= 0.3 is 6.18 Å². The van der Waals surface area contributed by atoms with Gasteiger partial charge in [0.05, 0.1) is 5.69 Å². The number of aromatic nitrogens is 3. The van der Waals surface area contributed by atoms with Gasteiger partial charge in [0.2, 0.25) is 0 Å². The fourth-order valence-corrected chi connectivity index (χ4v) is 2.65. The second kappa shape index (κ2) is 8.42. The van der Waals surface area contributed by atoms with Crippen LogP contribution in [0.5, 0.6) is 0 Å². The molecule has 0 saturated heterocycles. The topological polar surface area (TPSA) is 92.2 Å². The van der Waals surface area contributed by atoms with E-state index in [9.17, 15) is 27.2 Å². The predicted molar refractivity (Wildman–Crippen MR) is 102 cm³/mol. The first-order chi connectivity index (χ1) is 14.6. The maximum atomic E-state index is 13.6. The molecule has 2 N–H and O–H groups in total. The minimum atomic E-state index is -5.04. The molecule has 2 aromatic carbocycles. The normalized spacial score (nSPS) is 11.2. The Labute approximate surface area is 173 Å². The number of amides is 2. The van der Waals surface area contributed by atoms with Crippen molar-refractivity contribution in [1.29, 1.82) is 0 Å². The van der Waals surface area contributed by atoms with Crippen LogP contribution in [0.25, 0.3) is 5.69 Å². The molecule has 0 unspecified atom stereocenters. The molecule has 0 fully saturated rings. The zero-order valence-electron chi connectivity index (χ0n) is 16.2. The Morgan fingerprint density at radius 1 is 1.00 bits per heavy atom. The van der Waals surface area contributed by atoms with Crippen molar-refractivity contribution in [2.45, 2.75) is 6.18 Å². The first kappa shape index (κ1) is 21.7. The third kappa shape index (κ3) is 4.79. The maximum Gasteiger partial charge on any atom is 0.435 e. The van der Waals surface area contributed by atoms with Gasteiger partial charge in [-0.2, -0.15) is 13.2 Å². The molecule has 8 nitrogen and oxygen atoms in total. The molecule has 0 radical (unpaired) electrons. The smallest absolute Gasteiger partial charge is 0.378 e. The van der Waals surface area contributed by atoms with E-state index >= 15 is 0 Å². The van der Waals surface area contributed by atoms with Crippen molar-refractivity contribution >= 4 is 17.5 Å². The SMILES string of the molecule is CN(C)c1cccc(C(=O)NNC(=O)c2nnn(-c3cccc(F)c3)c2C(F)(F)F)c1. The van der Waals surface area contributed by atoms with Gasteiger partial charge in [-0.25, -0.2) is 9.07 Å². The minimum absolute atomic E-state index is 0.172. The molecular formula is C19H16F4N6O2. The molecule has 0 atom stereocenters. The number of rotatable bonds is 4. The molecule has 0 bridgehead atoms. The summed E-state index contributed by atoms with van der Waals surface area (Å²) in [6.45, 7) is 0. The van der Waals surface area contributed by atoms with E-state index in [0.29, 0.717) is 10.4 Å². The van der Waals surface area contributed by atoms with Crippen molar-refractivity contribution in [3.63, 3.8) is 0 Å². The van der Waals surface area contributed by atoms with Crippen molar-refractivity contribution in [1.82, 2.24) is 25.8 Å². The first-order valence-corrected chi connectivity index (χ1v) is 8.75. The Morgan fingerprint density at radius 3 is 2.32 bits per heavy atom. The summed E-state index contributed by atoms with van der Waals surface area (Å²) in [5, 5.41) is 6.61. The number of hydrogen-bond acceptors (Lipinski definition) is 5. The molecule has 31 heavy (non-hydrogen) atoms. The molecule has 2 amide bonds. The molecule has 1 aromatic heterocycles. The first-order valence-electron chi connectivity index (χ1n) is 8.75. The number of benzene rings is 2. The minimum Gasteiger partial charge on any atom is -0.378 e. The summed E-state index contributed by atoms with van der Waals surface area (Å²) in [6.07, 6.45) is -5.04. The molecule has 12 heteroatoms. The van der Waals surface area contributed by atoms with Gasteiger partial charge in [-0.05, 0) is 36.4 Å². The van der Waals surface area contributed by atoms with E-state index in [2.05, 4.69) is 10.3 Å². The summed E-state index contributed by atoms with van der Waals surface area (Å²) < 4.78 is 54.5. The van der Waals surface area contributed by atoms with Crippen LogP contribution >= 0.6 is 0 Å². The van der Waals surface area contributed by atoms with Crippen molar-refractivity contribution in [2.24, 2.45) is 0 Å². The van der Waals surface area contributed by atoms with Gasteiger partial charge in [0.25, 0.3) is 11.8 Å². The van der Waals surface area contributed by atoms with Crippen LogP contribution in [0.2, 0.25) is 0 Å². The second-order valence-electron chi connectivity index (χ2n) is 6.53. The quantitative estimate of drug-likeness (QED) is 0.485. The predicted octanol–water partition coefficient (Wildman–Crippen LogP) is 2.57. The van der Waals surface area contributed by atoms with E-state index in [1.165, 1.54) is 24.3 Å². The van der Waals surface area contributed by atoms with Crippen molar-refractivity contribution < 1.29 is 27.2 Å². The van der Waals surface area contributed by atoms with E-state index in [4.69, 9.17) is 0 Å². The van der Waals surface area contributed by atoms with E-state index < -0.39 is 35.2 Å². The van der Waals surface area contributed by atoms with Crippen LogP contribution in [-0.2, 0) is 6.18 Å².